The summed E-state index contributed by atoms with van der Waals surface area (Å²) in [6.07, 6.45) is 0. The molecule has 1 amide bonds. The number of rotatable bonds is 3. The minimum absolute atomic E-state index is 0.160. The van der Waals surface area contributed by atoms with Crippen LogP contribution in [0, 0.1) is 5.82 Å². The summed E-state index contributed by atoms with van der Waals surface area (Å²) in [7, 11) is 0. The summed E-state index contributed by atoms with van der Waals surface area (Å²) < 4.78 is 19.2. The lowest BCUT2D eigenvalue weighted by atomic mass is 10.2. The van der Waals surface area contributed by atoms with Crippen LogP contribution in [0.1, 0.15) is 10.6 Å². The van der Waals surface area contributed by atoms with Crippen molar-refractivity contribution in [2.45, 2.75) is 0 Å². The maximum absolute atomic E-state index is 13.1. The second-order valence-electron chi connectivity index (χ2n) is 4.86. The highest BCUT2D eigenvalue weighted by atomic mass is 79.9. The molecule has 0 aliphatic carbocycles. The molecule has 1 aromatic heterocycles. The van der Waals surface area contributed by atoms with E-state index in [0.29, 0.717) is 27.2 Å². The molecule has 1 heterocycles. The smallest absolute Gasteiger partial charge is 0.291 e. The summed E-state index contributed by atoms with van der Waals surface area (Å²) in [5.74, 6) is -0.0971. The third-order valence-electron chi connectivity index (χ3n) is 3.19. The van der Waals surface area contributed by atoms with E-state index in [1.807, 2.05) is 0 Å². The topological polar surface area (TPSA) is 68.3 Å². The van der Waals surface area contributed by atoms with Crippen molar-refractivity contribution in [2.75, 3.05) is 11.1 Å². The number of carbonyl (C=O) groups is 1. The number of halogens is 2. The monoisotopic (exact) mass is 374 g/mol. The van der Waals surface area contributed by atoms with E-state index in [1.54, 1.807) is 42.5 Å². The summed E-state index contributed by atoms with van der Waals surface area (Å²) in [5, 5.41) is 2.71. The van der Waals surface area contributed by atoms with Crippen LogP contribution in [0.15, 0.2) is 63.5 Å². The Bertz CT molecular complexity index is 859. The number of hydrogen-bond acceptors (Lipinski definition) is 3. The Morgan fingerprint density at radius 3 is 2.52 bits per heavy atom. The van der Waals surface area contributed by atoms with Crippen molar-refractivity contribution < 1.29 is 13.6 Å². The zero-order chi connectivity index (χ0) is 16.4. The second kappa shape index (κ2) is 6.26. The first kappa shape index (κ1) is 15.3. The van der Waals surface area contributed by atoms with Crippen LogP contribution in [0.2, 0.25) is 0 Å². The predicted molar refractivity (Wildman–Crippen MR) is 90.6 cm³/mol. The Morgan fingerprint density at radius 2 is 1.83 bits per heavy atom. The van der Waals surface area contributed by atoms with Gasteiger partial charge in [0.05, 0.1) is 0 Å². The molecular formula is C17H12BrFN2O2. The molecule has 3 N–H and O–H groups in total. The van der Waals surface area contributed by atoms with Gasteiger partial charge in [-0.3, -0.25) is 4.79 Å². The molecular weight excluding hydrogens is 363 g/mol. The molecule has 3 rings (SSSR count). The molecule has 2 aromatic carbocycles. The second-order valence-corrected chi connectivity index (χ2v) is 5.72. The fourth-order valence-corrected chi connectivity index (χ4v) is 2.60. The van der Waals surface area contributed by atoms with Gasteiger partial charge in [0.25, 0.3) is 5.91 Å². The Balaban J connectivity index is 1.81. The van der Waals surface area contributed by atoms with Crippen molar-refractivity contribution in [3.05, 3.63) is 70.6 Å². The number of hydrogen-bond donors (Lipinski definition) is 2. The SMILES string of the molecule is Nc1ccc(NC(=O)c2ccc(-c3ccc(F)cc3Br)o2)cc1. The Morgan fingerprint density at radius 1 is 1.09 bits per heavy atom. The first-order valence-electron chi connectivity index (χ1n) is 6.75. The summed E-state index contributed by atoms with van der Waals surface area (Å²) in [6, 6.07) is 14.3. The lowest BCUT2D eigenvalue weighted by Crippen LogP contribution is -2.10. The zero-order valence-corrected chi connectivity index (χ0v) is 13.4. The van der Waals surface area contributed by atoms with Crippen molar-refractivity contribution in [3.8, 4) is 11.3 Å². The van der Waals surface area contributed by atoms with Gasteiger partial charge >= 0.3 is 0 Å². The maximum atomic E-state index is 13.1. The standard InChI is InChI=1S/C17H12BrFN2O2/c18-14-9-10(19)1-6-13(14)15-7-8-16(23-15)17(22)21-12-4-2-11(20)3-5-12/h1-9H,20H2,(H,21,22). The van der Waals surface area contributed by atoms with Gasteiger partial charge in [-0.1, -0.05) is 0 Å². The lowest BCUT2D eigenvalue weighted by Gasteiger charge is -2.04. The number of nitrogens with two attached hydrogens (primary N) is 1. The lowest BCUT2D eigenvalue weighted by molar-refractivity contribution is 0.0997. The van der Waals surface area contributed by atoms with E-state index >= 15 is 0 Å². The van der Waals surface area contributed by atoms with E-state index in [-0.39, 0.29) is 17.5 Å². The van der Waals surface area contributed by atoms with Crippen LogP contribution in [0.25, 0.3) is 11.3 Å². The maximum Gasteiger partial charge on any atom is 0.291 e. The molecule has 0 fully saturated rings. The van der Waals surface area contributed by atoms with E-state index in [9.17, 15) is 9.18 Å². The van der Waals surface area contributed by atoms with E-state index in [4.69, 9.17) is 10.2 Å². The number of furan rings is 1. The third kappa shape index (κ3) is 3.43. The van der Waals surface area contributed by atoms with Crippen molar-refractivity contribution in [1.29, 1.82) is 0 Å². The Labute approximate surface area is 140 Å². The van der Waals surface area contributed by atoms with Gasteiger partial charge in [-0.05, 0) is 70.5 Å². The van der Waals surface area contributed by atoms with Gasteiger partial charge in [-0.15, -0.1) is 0 Å². The molecule has 0 bridgehead atoms. The van der Waals surface area contributed by atoms with Crippen molar-refractivity contribution >= 4 is 33.2 Å². The average Bonchev–Trinajstić information content (AvgIpc) is 2.99. The van der Waals surface area contributed by atoms with Gasteiger partial charge in [0, 0.05) is 21.4 Å². The fraction of sp³-hybridized carbons (Fsp3) is 0. The molecule has 23 heavy (non-hydrogen) atoms. The number of amides is 1. The molecule has 0 aliphatic rings. The normalized spacial score (nSPS) is 10.5. The van der Waals surface area contributed by atoms with E-state index in [0.717, 1.165) is 0 Å². The van der Waals surface area contributed by atoms with Crippen LogP contribution < -0.4 is 11.1 Å². The first-order valence-corrected chi connectivity index (χ1v) is 7.54. The van der Waals surface area contributed by atoms with Crippen LogP contribution in [0.4, 0.5) is 15.8 Å². The highest BCUT2D eigenvalue weighted by molar-refractivity contribution is 9.10. The minimum atomic E-state index is -0.376. The summed E-state index contributed by atoms with van der Waals surface area (Å²) in [6.45, 7) is 0. The van der Waals surface area contributed by atoms with Crippen LogP contribution in [0.3, 0.4) is 0 Å². The van der Waals surface area contributed by atoms with Crippen LogP contribution in [-0.2, 0) is 0 Å². The average molecular weight is 375 g/mol. The van der Waals surface area contributed by atoms with E-state index in [1.165, 1.54) is 12.1 Å². The van der Waals surface area contributed by atoms with Crippen LogP contribution in [0.5, 0.6) is 0 Å². The van der Waals surface area contributed by atoms with Crippen molar-refractivity contribution in [1.82, 2.24) is 0 Å². The summed E-state index contributed by atoms with van der Waals surface area (Å²) in [5.41, 5.74) is 7.49. The van der Waals surface area contributed by atoms with Crippen LogP contribution in [-0.4, -0.2) is 5.91 Å². The molecule has 116 valence electrons. The molecule has 0 saturated heterocycles. The molecule has 0 saturated carbocycles. The molecule has 0 unspecified atom stereocenters. The third-order valence-corrected chi connectivity index (χ3v) is 3.85. The largest absolute Gasteiger partial charge is 0.451 e. The molecule has 0 spiro atoms. The predicted octanol–water partition coefficient (Wildman–Crippen LogP) is 4.68. The highest BCUT2D eigenvalue weighted by Crippen LogP contribution is 2.30. The highest BCUT2D eigenvalue weighted by Gasteiger charge is 2.14. The first-order chi connectivity index (χ1) is 11.0. The summed E-state index contributed by atoms with van der Waals surface area (Å²) >= 11 is 3.28. The van der Waals surface area contributed by atoms with E-state index < -0.39 is 0 Å². The molecule has 0 radical (unpaired) electrons. The molecule has 6 heteroatoms. The quantitative estimate of drug-likeness (QED) is 0.653. The van der Waals surface area contributed by atoms with Gasteiger partial charge in [0.1, 0.15) is 11.6 Å². The Kier molecular flexibility index (Phi) is 4.16. The van der Waals surface area contributed by atoms with Gasteiger partial charge in [0.15, 0.2) is 5.76 Å². The number of carbonyl (C=O) groups excluding carboxylic acids is 1. The fourth-order valence-electron chi connectivity index (χ4n) is 2.05. The number of benzene rings is 2. The van der Waals surface area contributed by atoms with Crippen molar-refractivity contribution in [2.24, 2.45) is 0 Å². The molecule has 3 aromatic rings. The van der Waals surface area contributed by atoms with Gasteiger partial charge in [0.2, 0.25) is 0 Å². The minimum Gasteiger partial charge on any atom is -0.451 e. The number of anilines is 2. The van der Waals surface area contributed by atoms with Gasteiger partial charge in [-0.2, -0.15) is 0 Å². The van der Waals surface area contributed by atoms with E-state index in [2.05, 4.69) is 21.2 Å². The molecule has 0 atom stereocenters. The van der Waals surface area contributed by atoms with Crippen molar-refractivity contribution in [3.63, 3.8) is 0 Å². The number of nitrogen functional groups attached to an aromatic ring is 1. The molecule has 0 aliphatic heterocycles. The Hall–Kier alpha value is -2.60. The number of nitrogens with one attached hydrogen (secondary N) is 1. The van der Waals surface area contributed by atoms with Gasteiger partial charge in [-0.25, -0.2) is 4.39 Å². The van der Waals surface area contributed by atoms with Crippen LogP contribution >= 0.6 is 15.9 Å². The summed E-state index contributed by atoms with van der Waals surface area (Å²) in [4.78, 5) is 12.2. The zero-order valence-electron chi connectivity index (χ0n) is 11.8. The van der Waals surface area contributed by atoms with Gasteiger partial charge < -0.3 is 15.5 Å². The molecule has 4 nitrogen and oxygen atoms in total.